The lowest BCUT2D eigenvalue weighted by Crippen LogP contribution is -3.14. The van der Waals surface area contributed by atoms with Crippen LogP contribution >= 0.6 is 0 Å². The van der Waals surface area contributed by atoms with Gasteiger partial charge in [-0.3, -0.25) is 0 Å². The number of nitrogens with one attached hydrogen (secondary N) is 1. The van der Waals surface area contributed by atoms with Gasteiger partial charge >= 0.3 is 0 Å². The highest BCUT2D eigenvalue weighted by molar-refractivity contribution is 5.29. The Morgan fingerprint density at radius 3 is 2.26 bits per heavy atom. The number of quaternary nitrogens is 1. The average Bonchev–Trinajstić information content (AvgIpc) is 2.63. The Morgan fingerprint density at radius 1 is 1.26 bits per heavy atom. The van der Waals surface area contributed by atoms with Crippen molar-refractivity contribution >= 4 is 0 Å². The van der Waals surface area contributed by atoms with Crippen LogP contribution in [-0.2, 0) is 5.21 Å². The third kappa shape index (κ3) is 3.11. The summed E-state index contributed by atoms with van der Waals surface area (Å²) in [5, 5.41) is 26.3. The van der Waals surface area contributed by atoms with Crippen LogP contribution in [0.2, 0.25) is 0 Å². The summed E-state index contributed by atoms with van der Waals surface area (Å²) in [7, 11) is 0. The van der Waals surface area contributed by atoms with Gasteiger partial charge in [-0.05, 0) is 57.9 Å². The number of rotatable bonds is 5. The van der Waals surface area contributed by atoms with Crippen LogP contribution in [0.15, 0.2) is 24.3 Å². The molecule has 0 aliphatic carbocycles. The van der Waals surface area contributed by atoms with Crippen molar-refractivity contribution in [3.63, 3.8) is 0 Å². The molecule has 0 saturated carbocycles. The molecule has 23 heavy (non-hydrogen) atoms. The fourth-order valence-electron chi connectivity index (χ4n) is 2.74. The first kappa shape index (κ1) is 18.2. The minimum Gasteiger partial charge on any atom is -0.632 e. The lowest BCUT2D eigenvalue weighted by atomic mass is 9.84. The highest BCUT2D eigenvalue weighted by Crippen LogP contribution is 2.37. The van der Waals surface area contributed by atoms with E-state index in [4.69, 9.17) is 4.74 Å². The number of hydroxylamine groups is 4. The summed E-state index contributed by atoms with van der Waals surface area (Å²) in [6.07, 6.45) is 0.341. The lowest BCUT2D eigenvalue weighted by molar-refractivity contribution is -0.926. The smallest absolute Gasteiger partial charge is 0.196 e. The van der Waals surface area contributed by atoms with Crippen LogP contribution in [-0.4, -0.2) is 22.7 Å². The van der Waals surface area contributed by atoms with Crippen molar-refractivity contribution < 1.29 is 15.0 Å². The van der Waals surface area contributed by atoms with E-state index in [-0.39, 0.29) is 5.06 Å². The van der Waals surface area contributed by atoms with Crippen molar-refractivity contribution in [2.24, 2.45) is 5.92 Å². The molecule has 2 rings (SSSR count). The molecule has 0 aromatic heterocycles. The van der Waals surface area contributed by atoms with Crippen LogP contribution in [0.25, 0.3) is 0 Å². The molecule has 129 valence electrons. The normalized spacial score (nSPS) is 27.8. The van der Waals surface area contributed by atoms with E-state index in [1.165, 1.54) is 0 Å². The van der Waals surface area contributed by atoms with E-state index in [1.807, 2.05) is 52.0 Å². The highest BCUT2D eigenvalue weighted by atomic mass is 16.6. The van der Waals surface area contributed by atoms with Gasteiger partial charge in [-0.1, -0.05) is 25.3 Å². The summed E-state index contributed by atoms with van der Waals surface area (Å²) in [6.45, 7) is 12.3. The predicted molar refractivity (Wildman–Crippen MR) is 89.1 cm³/mol. The van der Waals surface area contributed by atoms with Crippen LogP contribution in [0.4, 0.5) is 0 Å². The van der Waals surface area contributed by atoms with E-state index >= 15 is 0 Å². The Hall–Kier alpha value is -1.14. The van der Waals surface area contributed by atoms with Crippen LogP contribution in [0, 0.1) is 11.1 Å². The van der Waals surface area contributed by atoms with Gasteiger partial charge in [-0.2, -0.15) is 0 Å². The molecular formula is C18H29N2O3. The molecule has 1 N–H and O–H groups in total. The largest absolute Gasteiger partial charge is 0.632 e. The van der Waals surface area contributed by atoms with Crippen LogP contribution in [0.1, 0.15) is 59.7 Å². The fraction of sp³-hybridized carbons (Fsp3) is 0.667. The molecule has 1 heterocycles. The summed E-state index contributed by atoms with van der Waals surface area (Å²) >= 11 is 0. The molecule has 1 fully saturated rings. The molecule has 0 spiro atoms. The first-order valence-electron chi connectivity index (χ1n) is 8.36. The number of hydrogen-bond donors (Lipinski definition) is 1. The van der Waals surface area contributed by atoms with Crippen molar-refractivity contribution in [2.75, 3.05) is 6.61 Å². The molecule has 1 radical (unpaired) electrons. The quantitative estimate of drug-likeness (QED) is 0.848. The molecule has 0 amide bonds. The molecule has 3 atom stereocenters. The third-order valence-electron chi connectivity index (χ3n) is 5.61. The summed E-state index contributed by atoms with van der Waals surface area (Å²) in [6, 6.07) is 7.35. The SMILES string of the molecule is CC[C@H](C)COc1ccc(C2N([O])C(C)(C)C(C)(C)[NH+]2[O-])cc1. The van der Waals surface area contributed by atoms with Gasteiger partial charge in [0, 0.05) is 5.56 Å². The predicted octanol–water partition coefficient (Wildman–Crippen LogP) is 2.71. The summed E-state index contributed by atoms with van der Waals surface area (Å²) in [5.74, 6) is 1.28. The van der Waals surface area contributed by atoms with E-state index in [0.29, 0.717) is 12.5 Å². The van der Waals surface area contributed by atoms with Crippen LogP contribution in [0.3, 0.4) is 0 Å². The fourth-order valence-corrected chi connectivity index (χ4v) is 2.74. The van der Waals surface area contributed by atoms with Crippen molar-refractivity contribution in [3.8, 4) is 5.75 Å². The van der Waals surface area contributed by atoms with Gasteiger partial charge in [0.15, 0.2) is 6.17 Å². The van der Waals surface area contributed by atoms with E-state index in [9.17, 15) is 10.4 Å². The standard InChI is InChI=1S/C18H29N2O3/c1-7-13(2)12-23-15-10-8-14(9-11-15)16-19(21)17(3,4)18(5,6)20(16)22/h8-11,13,16,19H,7,12H2,1-6H3/t13-,16?/m0/s1. The second-order valence-electron chi connectivity index (χ2n) is 7.67. The molecule has 5 nitrogen and oxygen atoms in total. The second kappa shape index (κ2) is 6.40. The monoisotopic (exact) mass is 321 g/mol. The minimum atomic E-state index is -0.733. The van der Waals surface area contributed by atoms with Gasteiger partial charge in [0.2, 0.25) is 0 Å². The Balaban J connectivity index is 2.16. The van der Waals surface area contributed by atoms with Crippen molar-refractivity contribution in [1.29, 1.82) is 0 Å². The summed E-state index contributed by atoms with van der Waals surface area (Å²) in [4.78, 5) is 0. The average molecular weight is 321 g/mol. The van der Waals surface area contributed by atoms with Gasteiger partial charge < -0.3 is 15.0 Å². The topological polar surface area (TPSA) is 59.9 Å². The Morgan fingerprint density at radius 2 is 1.83 bits per heavy atom. The number of ether oxygens (including phenoxy) is 1. The summed E-state index contributed by atoms with van der Waals surface area (Å²) < 4.78 is 5.74. The Bertz CT molecular complexity index is 508. The molecule has 1 aliphatic heterocycles. The number of nitrogens with zero attached hydrogens (tertiary/aromatic N) is 1. The van der Waals surface area contributed by atoms with Crippen molar-refractivity contribution in [2.45, 2.75) is 65.2 Å². The Labute approximate surface area is 139 Å². The van der Waals surface area contributed by atoms with Crippen molar-refractivity contribution in [1.82, 2.24) is 5.06 Å². The van der Waals surface area contributed by atoms with E-state index in [1.54, 1.807) is 0 Å². The van der Waals surface area contributed by atoms with E-state index in [0.717, 1.165) is 22.8 Å². The molecule has 1 aromatic carbocycles. The zero-order valence-corrected chi connectivity index (χ0v) is 15.1. The molecule has 5 heteroatoms. The van der Waals surface area contributed by atoms with Gasteiger partial charge in [0.1, 0.15) is 16.8 Å². The maximum atomic E-state index is 12.7. The second-order valence-corrected chi connectivity index (χ2v) is 7.67. The molecule has 1 aliphatic rings. The highest BCUT2D eigenvalue weighted by Gasteiger charge is 2.60. The zero-order valence-electron chi connectivity index (χ0n) is 15.1. The first-order valence-corrected chi connectivity index (χ1v) is 8.36. The Kier molecular flexibility index (Phi) is 5.06. The molecule has 1 saturated heterocycles. The van der Waals surface area contributed by atoms with E-state index < -0.39 is 17.2 Å². The summed E-state index contributed by atoms with van der Waals surface area (Å²) in [5.41, 5.74) is -0.662. The zero-order chi connectivity index (χ0) is 17.4. The van der Waals surface area contributed by atoms with E-state index in [2.05, 4.69) is 13.8 Å². The molecule has 1 aromatic rings. The van der Waals surface area contributed by atoms with Gasteiger partial charge in [-0.25, -0.2) is 0 Å². The first-order chi connectivity index (χ1) is 10.6. The lowest BCUT2D eigenvalue weighted by Gasteiger charge is -2.38. The van der Waals surface area contributed by atoms with Crippen molar-refractivity contribution in [3.05, 3.63) is 35.0 Å². The van der Waals surface area contributed by atoms with Gasteiger partial charge in [-0.15, -0.1) is 5.21 Å². The number of hydrogen-bond acceptors (Lipinski definition) is 3. The maximum Gasteiger partial charge on any atom is 0.196 e. The van der Waals surface area contributed by atoms with Gasteiger partial charge in [0.05, 0.1) is 6.61 Å². The number of benzene rings is 1. The minimum absolute atomic E-state index is 0.0224. The molecular weight excluding hydrogens is 292 g/mol. The molecule has 0 bridgehead atoms. The third-order valence-corrected chi connectivity index (χ3v) is 5.61. The van der Waals surface area contributed by atoms with Crippen LogP contribution in [0.5, 0.6) is 5.75 Å². The molecule has 2 unspecified atom stereocenters. The van der Waals surface area contributed by atoms with Gasteiger partial charge in [0.25, 0.3) is 0 Å². The maximum absolute atomic E-state index is 12.7. The van der Waals surface area contributed by atoms with Crippen LogP contribution < -0.4 is 9.80 Å².